The first-order valence-electron chi connectivity index (χ1n) is 9.29. The zero-order valence-corrected chi connectivity index (χ0v) is 16.9. The van der Waals surface area contributed by atoms with Crippen LogP contribution in [0.2, 0.25) is 0 Å². The number of hydrogen-bond acceptors (Lipinski definition) is 3. The first-order chi connectivity index (χ1) is 14.4. The van der Waals surface area contributed by atoms with Gasteiger partial charge in [0, 0.05) is 16.9 Å². The smallest absolute Gasteiger partial charge is 0.255 e. The molecule has 0 bridgehead atoms. The van der Waals surface area contributed by atoms with Crippen LogP contribution in [0.4, 0.5) is 20.2 Å². The fourth-order valence-electron chi connectivity index (χ4n) is 3.26. The van der Waals surface area contributed by atoms with Crippen molar-refractivity contribution in [1.29, 1.82) is 0 Å². The van der Waals surface area contributed by atoms with Gasteiger partial charge in [-0.1, -0.05) is 18.2 Å². The summed E-state index contributed by atoms with van der Waals surface area (Å²) in [4.78, 5) is 26.5. The molecule has 4 rings (SSSR count). The summed E-state index contributed by atoms with van der Waals surface area (Å²) in [6.45, 7) is 1.67. The van der Waals surface area contributed by atoms with E-state index in [1.54, 1.807) is 42.2 Å². The lowest BCUT2D eigenvalue weighted by Gasteiger charge is -2.25. The van der Waals surface area contributed by atoms with Crippen LogP contribution in [0.3, 0.4) is 0 Å². The van der Waals surface area contributed by atoms with E-state index in [9.17, 15) is 18.4 Å². The molecule has 152 valence electrons. The van der Waals surface area contributed by atoms with E-state index in [1.807, 2.05) is 6.07 Å². The number of aryl methyl sites for hydroxylation is 1. The van der Waals surface area contributed by atoms with Gasteiger partial charge in [0.05, 0.1) is 5.75 Å². The number of thioether (sulfide) groups is 1. The Kier molecular flexibility index (Phi) is 5.55. The maximum atomic E-state index is 14.1. The summed E-state index contributed by atoms with van der Waals surface area (Å²) in [7, 11) is 0. The van der Waals surface area contributed by atoms with E-state index in [0.717, 1.165) is 5.56 Å². The summed E-state index contributed by atoms with van der Waals surface area (Å²) in [5.74, 6) is -0.957. The molecule has 0 aliphatic carbocycles. The first kappa shape index (κ1) is 20.1. The molecule has 0 saturated carbocycles. The van der Waals surface area contributed by atoms with E-state index in [4.69, 9.17) is 0 Å². The summed E-state index contributed by atoms with van der Waals surface area (Å²) in [6, 6.07) is 17.2. The molecule has 7 heteroatoms. The van der Waals surface area contributed by atoms with Crippen molar-refractivity contribution in [3.8, 4) is 0 Å². The van der Waals surface area contributed by atoms with Gasteiger partial charge < -0.3 is 5.32 Å². The third kappa shape index (κ3) is 4.07. The number of hydrogen-bond donors (Lipinski definition) is 1. The number of nitrogens with one attached hydrogen (secondary N) is 1. The Morgan fingerprint density at radius 1 is 1.07 bits per heavy atom. The van der Waals surface area contributed by atoms with Gasteiger partial charge in [0.2, 0.25) is 5.91 Å². The Morgan fingerprint density at radius 3 is 2.57 bits per heavy atom. The lowest BCUT2D eigenvalue weighted by Crippen LogP contribution is -2.28. The molecule has 1 aliphatic heterocycles. The minimum Gasteiger partial charge on any atom is -0.322 e. The first-order valence-corrected chi connectivity index (χ1v) is 10.3. The molecule has 1 saturated heterocycles. The predicted molar refractivity (Wildman–Crippen MR) is 115 cm³/mol. The predicted octanol–water partition coefficient (Wildman–Crippen LogP) is 5.30. The van der Waals surface area contributed by atoms with Crippen molar-refractivity contribution in [2.24, 2.45) is 0 Å². The van der Waals surface area contributed by atoms with E-state index in [2.05, 4.69) is 5.32 Å². The third-order valence-electron chi connectivity index (χ3n) is 4.84. The fourth-order valence-corrected chi connectivity index (χ4v) is 4.42. The highest BCUT2D eigenvalue weighted by Crippen LogP contribution is 2.42. The number of amides is 2. The van der Waals surface area contributed by atoms with E-state index in [1.165, 1.54) is 42.1 Å². The highest BCUT2D eigenvalue weighted by molar-refractivity contribution is 8.00. The number of rotatable bonds is 4. The zero-order valence-electron chi connectivity index (χ0n) is 16.1. The Morgan fingerprint density at radius 2 is 1.83 bits per heavy atom. The second kappa shape index (κ2) is 8.28. The molecular weight excluding hydrogens is 406 g/mol. The molecule has 1 aliphatic rings. The maximum absolute atomic E-state index is 14.1. The molecule has 0 unspecified atom stereocenters. The normalized spacial score (nSPS) is 16.0. The number of anilines is 2. The monoisotopic (exact) mass is 424 g/mol. The largest absolute Gasteiger partial charge is 0.322 e. The lowest BCUT2D eigenvalue weighted by molar-refractivity contribution is -0.115. The van der Waals surface area contributed by atoms with Crippen molar-refractivity contribution >= 4 is 35.0 Å². The van der Waals surface area contributed by atoms with Crippen LogP contribution in [0, 0.1) is 18.6 Å². The highest BCUT2D eigenvalue weighted by Gasteiger charge is 2.34. The molecular formula is C23H18F2N2O2S. The second-order valence-corrected chi connectivity index (χ2v) is 8.02. The van der Waals surface area contributed by atoms with Gasteiger partial charge in [0.25, 0.3) is 5.91 Å². The van der Waals surface area contributed by atoms with E-state index >= 15 is 0 Å². The van der Waals surface area contributed by atoms with E-state index in [0.29, 0.717) is 22.5 Å². The molecule has 3 aromatic rings. The molecule has 1 atom stereocenters. The Hall–Kier alpha value is -3.19. The molecule has 0 radical (unpaired) electrons. The van der Waals surface area contributed by atoms with Gasteiger partial charge in [-0.05, 0) is 66.6 Å². The van der Waals surface area contributed by atoms with Crippen molar-refractivity contribution in [1.82, 2.24) is 0 Å². The zero-order chi connectivity index (χ0) is 21.3. The number of nitrogens with zero attached hydrogens (tertiary/aromatic N) is 1. The van der Waals surface area contributed by atoms with Crippen LogP contribution in [0.25, 0.3) is 0 Å². The third-order valence-corrected chi connectivity index (χ3v) is 6.05. The van der Waals surface area contributed by atoms with Crippen molar-refractivity contribution < 1.29 is 18.4 Å². The quantitative estimate of drug-likeness (QED) is 0.618. The molecule has 0 spiro atoms. The second-order valence-electron chi connectivity index (χ2n) is 6.95. The molecule has 1 N–H and O–H groups in total. The van der Waals surface area contributed by atoms with Crippen LogP contribution in [0.15, 0.2) is 66.7 Å². The van der Waals surface area contributed by atoms with Crippen molar-refractivity contribution in [2.75, 3.05) is 16.0 Å². The summed E-state index contributed by atoms with van der Waals surface area (Å²) in [5, 5.41) is 2.46. The average molecular weight is 424 g/mol. The number of carbonyl (C=O) groups is 2. The number of benzene rings is 3. The van der Waals surface area contributed by atoms with Gasteiger partial charge in [-0.25, -0.2) is 8.78 Å². The summed E-state index contributed by atoms with van der Waals surface area (Å²) in [5.41, 5.74) is 2.71. The van der Waals surface area contributed by atoms with E-state index in [-0.39, 0.29) is 28.8 Å². The summed E-state index contributed by atoms with van der Waals surface area (Å²) >= 11 is 1.44. The minimum absolute atomic E-state index is 0.103. The molecule has 30 heavy (non-hydrogen) atoms. The molecule has 2 amide bonds. The maximum Gasteiger partial charge on any atom is 0.255 e. The van der Waals surface area contributed by atoms with Gasteiger partial charge in [0.15, 0.2) is 0 Å². The van der Waals surface area contributed by atoms with Gasteiger partial charge in [-0.3, -0.25) is 14.5 Å². The van der Waals surface area contributed by atoms with Crippen molar-refractivity contribution in [3.63, 3.8) is 0 Å². The summed E-state index contributed by atoms with van der Waals surface area (Å²) < 4.78 is 27.1. The van der Waals surface area contributed by atoms with Crippen LogP contribution in [0.1, 0.15) is 26.9 Å². The van der Waals surface area contributed by atoms with Gasteiger partial charge >= 0.3 is 0 Å². The molecule has 0 aromatic heterocycles. The van der Waals surface area contributed by atoms with Crippen LogP contribution < -0.4 is 10.2 Å². The Bertz CT molecular complexity index is 1120. The number of halogens is 2. The van der Waals surface area contributed by atoms with Crippen molar-refractivity contribution in [2.45, 2.75) is 12.3 Å². The molecule has 1 heterocycles. The van der Waals surface area contributed by atoms with Crippen LogP contribution >= 0.6 is 11.8 Å². The molecule has 4 nitrogen and oxygen atoms in total. The topological polar surface area (TPSA) is 49.4 Å². The van der Waals surface area contributed by atoms with Crippen LogP contribution in [-0.4, -0.2) is 17.6 Å². The lowest BCUT2D eigenvalue weighted by atomic mass is 10.1. The van der Waals surface area contributed by atoms with Gasteiger partial charge in [0.1, 0.15) is 17.0 Å². The Balaban J connectivity index is 1.59. The fraction of sp³-hybridized carbons (Fsp3) is 0.130. The van der Waals surface area contributed by atoms with Gasteiger partial charge in [-0.15, -0.1) is 11.8 Å². The summed E-state index contributed by atoms with van der Waals surface area (Å²) in [6.07, 6.45) is 0. The van der Waals surface area contributed by atoms with Crippen LogP contribution in [-0.2, 0) is 4.79 Å². The van der Waals surface area contributed by atoms with Gasteiger partial charge in [-0.2, -0.15) is 0 Å². The minimum atomic E-state index is -0.413. The van der Waals surface area contributed by atoms with Crippen LogP contribution in [0.5, 0.6) is 0 Å². The molecule has 1 fully saturated rings. The SMILES string of the molecule is Cc1ccc(N2C(=O)CS[C@H]2c2cccc(NC(=O)c3ccc(F)cc3)c2)cc1F. The standard InChI is InChI=1S/C23H18F2N2O2S/c1-14-5-10-19(12-20(14)25)27-21(28)13-30-23(27)16-3-2-4-18(11-16)26-22(29)15-6-8-17(24)9-7-15/h2-12,23H,13H2,1H3,(H,26,29)/t23-/m0/s1. The number of carbonyl (C=O) groups excluding carboxylic acids is 2. The highest BCUT2D eigenvalue weighted by atomic mass is 32.2. The molecule has 3 aromatic carbocycles. The van der Waals surface area contributed by atoms with Crippen molar-refractivity contribution in [3.05, 3.63) is 95.1 Å². The van der Waals surface area contributed by atoms with E-state index < -0.39 is 5.82 Å². The average Bonchev–Trinajstić information content (AvgIpc) is 3.12. The Labute approximate surface area is 176 Å².